The molecule has 0 heterocycles. The second-order valence-corrected chi connectivity index (χ2v) is 12.7. The molecule has 0 aliphatic rings. The largest absolute Gasteiger partial charge is 0.271 e. The van der Waals surface area contributed by atoms with Gasteiger partial charge in [-0.05, 0) is 34.1 Å². The van der Waals surface area contributed by atoms with Gasteiger partial charge in [-0.15, -0.1) is 0 Å². The molecule has 0 bridgehead atoms. The Hall–Kier alpha value is 1.84. The molecule has 0 saturated heterocycles. The van der Waals surface area contributed by atoms with Crippen LogP contribution in [0.25, 0.3) is 0 Å². The van der Waals surface area contributed by atoms with Crippen LogP contribution >= 0.6 is 66.1 Å². The van der Waals surface area contributed by atoms with Gasteiger partial charge in [0.15, 0.2) is 4.07 Å². The Morgan fingerprint density at radius 1 is 0.947 bits per heavy atom. The second kappa shape index (κ2) is 8.47. The van der Waals surface area contributed by atoms with Gasteiger partial charge in [0.2, 0.25) is 3.53 Å². The smallest absolute Gasteiger partial charge is 0.224 e. The molecule has 0 aromatic heterocycles. The van der Waals surface area contributed by atoms with Gasteiger partial charge < -0.3 is 0 Å². The molecule has 0 saturated carbocycles. The van der Waals surface area contributed by atoms with Crippen LogP contribution in [0, 0.1) is 0 Å². The summed E-state index contributed by atoms with van der Waals surface area (Å²) in [5, 5.41) is 0. The molecule has 1 atom stereocenters. The molecule has 0 spiro atoms. The highest BCUT2D eigenvalue weighted by atomic mass is 35.6. The topological polar surface area (TPSA) is 3.24 Å². The van der Waals surface area contributed by atoms with Crippen LogP contribution in [0.2, 0.25) is 0 Å². The zero-order chi connectivity index (χ0) is 15.4. The minimum atomic E-state index is -1.47. The summed E-state index contributed by atoms with van der Waals surface area (Å²) in [5.41, 5.74) is 0. The van der Waals surface area contributed by atoms with Crippen molar-refractivity contribution in [3.63, 3.8) is 0 Å². The van der Waals surface area contributed by atoms with Crippen LogP contribution in [0.1, 0.15) is 53.9 Å². The maximum absolute atomic E-state index is 6.55. The summed E-state index contributed by atoms with van der Waals surface area (Å²) in [6.45, 7) is 10.3. The van der Waals surface area contributed by atoms with Gasteiger partial charge in [0, 0.05) is 12.1 Å². The summed E-state index contributed by atoms with van der Waals surface area (Å²) in [4.78, 5) is 0. The molecule has 0 N–H and O–H groups in total. The van der Waals surface area contributed by atoms with Crippen molar-refractivity contribution in [1.29, 1.82) is 0 Å². The SMILES string of the molecule is CCCCC(Cl)(Cl)[P@@](N(C(C)C)C(C)C)C(Cl)(Cl)Cl. The lowest BCUT2D eigenvalue weighted by molar-refractivity contribution is 0.319. The lowest BCUT2D eigenvalue weighted by Crippen LogP contribution is -2.40. The minimum Gasteiger partial charge on any atom is -0.271 e. The number of rotatable bonds is 7. The average molecular weight is 390 g/mol. The molecule has 0 aromatic rings. The van der Waals surface area contributed by atoms with E-state index in [1.165, 1.54) is 0 Å². The van der Waals surface area contributed by atoms with E-state index in [4.69, 9.17) is 58.0 Å². The van der Waals surface area contributed by atoms with Crippen molar-refractivity contribution in [2.75, 3.05) is 0 Å². The van der Waals surface area contributed by atoms with Gasteiger partial charge in [-0.2, -0.15) is 0 Å². The second-order valence-electron chi connectivity index (χ2n) is 5.12. The van der Waals surface area contributed by atoms with Crippen LogP contribution < -0.4 is 0 Å². The Kier molecular flexibility index (Phi) is 9.29. The first-order chi connectivity index (χ1) is 8.45. The fourth-order valence-electron chi connectivity index (χ4n) is 2.04. The molecule has 0 amide bonds. The summed E-state index contributed by atoms with van der Waals surface area (Å²) in [6, 6.07) is 0.417. The zero-order valence-corrected chi connectivity index (χ0v) is 16.7. The van der Waals surface area contributed by atoms with Crippen molar-refractivity contribution in [3.8, 4) is 0 Å². The summed E-state index contributed by atoms with van der Waals surface area (Å²) in [6.07, 6.45) is 2.55. The third-order valence-corrected chi connectivity index (χ3v) is 8.16. The first-order valence-electron chi connectivity index (χ1n) is 6.48. The maximum Gasteiger partial charge on any atom is 0.224 e. The fraction of sp³-hybridized carbons (Fsp3) is 1.00. The molecular weight excluding hydrogens is 366 g/mol. The molecule has 0 radical (unpaired) electrons. The van der Waals surface area contributed by atoms with Gasteiger partial charge in [-0.25, -0.2) is 0 Å². The highest BCUT2D eigenvalue weighted by Gasteiger charge is 2.51. The number of hydrogen-bond acceptors (Lipinski definition) is 1. The molecule has 1 nitrogen and oxygen atoms in total. The highest BCUT2D eigenvalue weighted by molar-refractivity contribution is 7.68. The predicted octanol–water partition coefficient (Wildman–Crippen LogP) is 7.15. The van der Waals surface area contributed by atoms with Gasteiger partial charge in [0.1, 0.15) is 0 Å². The van der Waals surface area contributed by atoms with E-state index >= 15 is 0 Å². The lowest BCUT2D eigenvalue weighted by atomic mass is 10.3. The summed E-state index contributed by atoms with van der Waals surface area (Å²) >= 11 is 31.7. The fourth-order valence-corrected chi connectivity index (χ4v) is 8.72. The van der Waals surface area contributed by atoms with Crippen molar-refractivity contribution in [1.82, 2.24) is 4.67 Å². The average Bonchev–Trinajstić information content (AvgIpc) is 2.19. The van der Waals surface area contributed by atoms with Gasteiger partial charge >= 0.3 is 0 Å². The Morgan fingerprint density at radius 2 is 1.37 bits per heavy atom. The first kappa shape index (κ1) is 20.8. The molecule has 0 aliphatic carbocycles. The number of halogens is 5. The van der Waals surface area contributed by atoms with Crippen LogP contribution in [-0.4, -0.2) is 24.4 Å². The Labute approximate surface area is 144 Å². The van der Waals surface area contributed by atoms with Crippen LogP contribution in [0.3, 0.4) is 0 Å². The van der Waals surface area contributed by atoms with E-state index in [2.05, 4.69) is 39.3 Å². The Bertz CT molecular complexity index is 257. The molecule has 0 aliphatic heterocycles. The van der Waals surface area contributed by atoms with E-state index in [9.17, 15) is 0 Å². The van der Waals surface area contributed by atoms with E-state index in [0.717, 1.165) is 12.8 Å². The first-order valence-corrected chi connectivity index (χ1v) is 9.66. The molecule has 19 heavy (non-hydrogen) atoms. The predicted molar refractivity (Wildman–Crippen MR) is 93.3 cm³/mol. The van der Waals surface area contributed by atoms with Crippen LogP contribution in [0.5, 0.6) is 0 Å². The van der Waals surface area contributed by atoms with Gasteiger partial charge in [-0.1, -0.05) is 77.8 Å². The van der Waals surface area contributed by atoms with Gasteiger partial charge in [0.25, 0.3) is 0 Å². The summed E-state index contributed by atoms with van der Waals surface area (Å²) < 4.78 is -0.357. The zero-order valence-electron chi connectivity index (χ0n) is 12.1. The lowest BCUT2D eigenvalue weighted by Gasteiger charge is -2.46. The van der Waals surface area contributed by atoms with Crippen LogP contribution in [0.4, 0.5) is 0 Å². The van der Waals surface area contributed by atoms with E-state index in [0.29, 0.717) is 6.42 Å². The maximum atomic E-state index is 6.55. The Morgan fingerprint density at radius 3 is 1.63 bits per heavy atom. The van der Waals surface area contributed by atoms with Gasteiger partial charge in [-0.3, -0.25) is 4.67 Å². The van der Waals surface area contributed by atoms with Crippen molar-refractivity contribution >= 4 is 66.1 Å². The van der Waals surface area contributed by atoms with Crippen molar-refractivity contribution in [3.05, 3.63) is 0 Å². The third-order valence-electron chi connectivity index (χ3n) is 2.67. The molecule has 0 rings (SSSR count). The molecule has 0 aromatic carbocycles. The minimum absolute atomic E-state index is 0.209. The number of alkyl halides is 5. The van der Waals surface area contributed by atoms with Gasteiger partial charge in [0.05, 0.1) is 8.07 Å². The number of hydrogen-bond donors (Lipinski definition) is 0. The quantitative estimate of drug-likeness (QED) is 0.330. The van der Waals surface area contributed by atoms with E-state index in [-0.39, 0.29) is 12.1 Å². The molecule has 116 valence electrons. The monoisotopic (exact) mass is 387 g/mol. The highest BCUT2D eigenvalue weighted by Crippen LogP contribution is 2.72. The normalized spacial score (nSPS) is 15.6. The van der Waals surface area contributed by atoms with E-state index in [1.54, 1.807) is 0 Å². The number of nitrogens with zero attached hydrogens (tertiary/aromatic N) is 1. The molecule has 0 unspecified atom stereocenters. The third kappa shape index (κ3) is 6.64. The molecule has 7 heteroatoms. The standard InChI is InChI=1S/C12H23Cl5NP/c1-6-7-8-11(13,14)19(12(15,16)17)18(9(2)3)10(4)5/h9-10H,6-8H2,1-5H3/t19-/m1/s1. The van der Waals surface area contributed by atoms with E-state index < -0.39 is 15.7 Å². The van der Waals surface area contributed by atoms with Crippen LogP contribution in [0.15, 0.2) is 0 Å². The van der Waals surface area contributed by atoms with Crippen molar-refractivity contribution in [2.45, 2.75) is 73.6 Å². The van der Waals surface area contributed by atoms with Crippen LogP contribution in [-0.2, 0) is 0 Å². The molecular formula is C12H23Cl5NP. The van der Waals surface area contributed by atoms with E-state index in [1.807, 2.05) is 0 Å². The summed E-state index contributed by atoms with van der Waals surface area (Å²) in [7, 11) is -1.34. The number of unbranched alkanes of at least 4 members (excludes halogenated alkanes) is 1. The Balaban J connectivity index is 5.42. The van der Waals surface area contributed by atoms with Crippen molar-refractivity contribution in [2.24, 2.45) is 0 Å². The van der Waals surface area contributed by atoms with Crippen molar-refractivity contribution < 1.29 is 0 Å². The molecule has 0 fully saturated rings. The summed E-state index contributed by atoms with van der Waals surface area (Å²) in [5.74, 6) is 0.